The van der Waals surface area contributed by atoms with Crippen LogP contribution < -0.4 is 33.6 Å². The SMILES string of the molecule is C.CCCCC(C)O.CCCCC(C)OC(=O)C(N)CCCN=C(N)NC(=O)OCC1c2ccccc2-c2ccccc21.NC(=NCCCC(N)C(=O)O)NC(=O)OCC1c2ccccc2-c2ccccc21.[OH3+]. The van der Waals surface area contributed by atoms with Crippen molar-refractivity contribution in [3.8, 4) is 22.3 Å². The minimum Gasteiger partial charge on any atom is -0.480 e. The number of hydrogen-bond donors (Lipinski definition) is 8. The first-order chi connectivity index (χ1) is 34.1. The summed E-state index contributed by atoms with van der Waals surface area (Å²) in [6.45, 7) is 8.88. The van der Waals surface area contributed by atoms with Crippen LogP contribution in [0.15, 0.2) is 107 Å². The summed E-state index contributed by atoms with van der Waals surface area (Å²) in [6, 6.07) is 30.8. The van der Waals surface area contributed by atoms with E-state index in [2.05, 4.69) is 70.9 Å². The molecule has 4 unspecified atom stereocenters. The average Bonchev–Trinajstić information content (AvgIpc) is 3.86. The van der Waals surface area contributed by atoms with Crippen molar-refractivity contribution in [1.82, 2.24) is 10.6 Å². The molecule has 0 bridgehead atoms. The van der Waals surface area contributed by atoms with Gasteiger partial charge in [-0.05, 0) is 96.9 Å². The number of aliphatic hydroxyl groups excluding tert-OH is 1. The Hall–Kier alpha value is -6.86. The van der Waals surface area contributed by atoms with E-state index in [4.69, 9.17) is 47.4 Å². The lowest BCUT2D eigenvalue weighted by Gasteiger charge is -2.16. The van der Waals surface area contributed by atoms with E-state index in [1.807, 2.05) is 74.5 Å². The number of rotatable bonds is 21. The number of benzene rings is 4. The summed E-state index contributed by atoms with van der Waals surface area (Å²) < 4.78 is 16.2. The molecule has 2 amide bonds. The van der Waals surface area contributed by atoms with Gasteiger partial charge in [-0.3, -0.25) is 30.2 Å². The van der Waals surface area contributed by atoms with E-state index in [0.29, 0.717) is 25.8 Å². The van der Waals surface area contributed by atoms with Crippen molar-refractivity contribution >= 4 is 36.0 Å². The number of aliphatic carboxylic acids is 1. The van der Waals surface area contributed by atoms with Gasteiger partial charge < -0.3 is 52.8 Å². The van der Waals surface area contributed by atoms with Crippen LogP contribution in [0.5, 0.6) is 0 Å². The Balaban J connectivity index is 0.000000436. The Morgan fingerprint density at radius 3 is 1.29 bits per heavy atom. The number of fused-ring (bicyclic) bond motifs is 6. The van der Waals surface area contributed by atoms with Gasteiger partial charge in [-0.2, -0.15) is 0 Å². The van der Waals surface area contributed by atoms with Crippen LogP contribution in [-0.4, -0.2) is 96.9 Å². The number of hydrogen-bond acceptors (Lipinski definition) is 12. The Morgan fingerprint density at radius 2 is 0.945 bits per heavy atom. The minimum atomic E-state index is -1.06. The fourth-order valence-corrected chi connectivity index (χ4v) is 8.16. The molecule has 0 aromatic heterocycles. The van der Waals surface area contributed by atoms with Gasteiger partial charge in [0.25, 0.3) is 0 Å². The molecule has 400 valence electrons. The van der Waals surface area contributed by atoms with Crippen molar-refractivity contribution in [2.45, 2.75) is 135 Å². The summed E-state index contributed by atoms with van der Waals surface area (Å²) in [7, 11) is 0. The van der Waals surface area contributed by atoms with Crippen LogP contribution in [0.2, 0.25) is 0 Å². The zero-order valence-corrected chi connectivity index (χ0v) is 42.1. The van der Waals surface area contributed by atoms with Gasteiger partial charge in [0.05, 0.1) is 12.2 Å². The molecule has 4 aromatic rings. The maximum atomic E-state index is 12.3. The third-order valence-corrected chi connectivity index (χ3v) is 11.9. The summed E-state index contributed by atoms with van der Waals surface area (Å²) in [5.41, 5.74) is 32.0. The number of guanidine groups is 2. The third-order valence-electron chi connectivity index (χ3n) is 11.9. The largest absolute Gasteiger partial charge is 0.480 e. The van der Waals surface area contributed by atoms with E-state index in [0.717, 1.165) is 76.6 Å². The third kappa shape index (κ3) is 20.3. The molecular formula is C55H81N8O10+. The van der Waals surface area contributed by atoms with Crippen LogP contribution in [0.3, 0.4) is 0 Å². The molecule has 0 spiro atoms. The van der Waals surface area contributed by atoms with Crippen molar-refractivity contribution in [3.05, 3.63) is 119 Å². The lowest BCUT2D eigenvalue weighted by molar-refractivity contribution is -0.150. The summed E-state index contributed by atoms with van der Waals surface area (Å²) in [5, 5.41) is 22.2. The smallest absolute Gasteiger partial charge is 0.413 e. The van der Waals surface area contributed by atoms with Crippen LogP contribution in [-0.2, 0) is 29.3 Å². The van der Waals surface area contributed by atoms with Crippen molar-refractivity contribution in [2.75, 3.05) is 26.3 Å². The van der Waals surface area contributed by atoms with Gasteiger partial charge in [-0.1, -0.05) is 144 Å². The summed E-state index contributed by atoms with van der Waals surface area (Å²) in [4.78, 5) is 55.1. The zero-order chi connectivity index (χ0) is 51.7. The van der Waals surface area contributed by atoms with Crippen LogP contribution in [0.25, 0.3) is 22.3 Å². The number of unbranched alkanes of at least 4 members (excludes halogenated alkanes) is 2. The van der Waals surface area contributed by atoms with E-state index >= 15 is 0 Å². The summed E-state index contributed by atoms with van der Waals surface area (Å²) in [6.07, 6.45) is 6.28. The molecule has 2 aliphatic carbocycles. The molecule has 15 N–H and O–H groups in total. The molecule has 4 aromatic carbocycles. The Bertz CT molecular complexity index is 2300. The van der Waals surface area contributed by atoms with Crippen LogP contribution in [0.4, 0.5) is 9.59 Å². The number of esters is 1. The highest BCUT2D eigenvalue weighted by Gasteiger charge is 2.30. The number of nitrogens with one attached hydrogen (secondary N) is 2. The van der Waals surface area contributed by atoms with Gasteiger partial charge in [0.1, 0.15) is 25.3 Å². The predicted octanol–water partition coefficient (Wildman–Crippen LogP) is 7.37. The normalized spacial score (nSPS) is 13.9. The Morgan fingerprint density at radius 1 is 0.589 bits per heavy atom. The monoisotopic (exact) mass is 1010 g/mol. The second-order valence-corrected chi connectivity index (χ2v) is 17.7. The van der Waals surface area contributed by atoms with Gasteiger partial charge in [-0.25, -0.2) is 9.59 Å². The number of nitrogens with two attached hydrogens (primary N) is 4. The second-order valence-electron chi connectivity index (χ2n) is 17.7. The maximum absolute atomic E-state index is 12.3. The predicted molar refractivity (Wildman–Crippen MR) is 289 cm³/mol. The number of carboxylic acids is 1. The lowest BCUT2D eigenvalue weighted by atomic mass is 9.98. The van der Waals surface area contributed by atoms with Gasteiger partial charge in [0.15, 0.2) is 11.9 Å². The van der Waals surface area contributed by atoms with Crippen LogP contribution in [0.1, 0.15) is 133 Å². The summed E-state index contributed by atoms with van der Waals surface area (Å²) in [5.74, 6) is -1.64. The molecule has 2 aliphatic rings. The quantitative estimate of drug-likeness (QED) is 0.0101. The first kappa shape index (κ1) is 62.3. The number of carbonyl (C=O) groups excluding carboxylic acids is 3. The molecule has 73 heavy (non-hydrogen) atoms. The van der Waals surface area contributed by atoms with E-state index in [9.17, 15) is 19.2 Å². The van der Waals surface area contributed by atoms with Crippen molar-refractivity contribution in [3.63, 3.8) is 0 Å². The number of aliphatic hydroxyl groups is 1. The van der Waals surface area contributed by atoms with Crippen LogP contribution in [0, 0.1) is 0 Å². The molecule has 0 saturated heterocycles. The van der Waals surface area contributed by atoms with Crippen molar-refractivity contribution < 1.29 is 49.1 Å². The Kier molecular flexibility index (Phi) is 28.1. The van der Waals surface area contributed by atoms with Crippen molar-refractivity contribution in [1.29, 1.82) is 0 Å². The highest BCUT2D eigenvalue weighted by atomic mass is 16.6. The zero-order valence-electron chi connectivity index (χ0n) is 42.1. The molecular weight excluding hydrogens is 933 g/mol. The second kappa shape index (κ2) is 33.0. The Labute approximate surface area is 430 Å². The fraction of sp³-hybridized carbons (Fsp3) is 0.455. The van der Waals surface area contributed by atoms with Crippen LogP contribution >= 0.6 is 0 Å². The first-order valence-electron chi connectivity index (χ1n) is 24.6. The number of carbonyl (C=O) groups is 4. The molecule has 0 fully saturated rings. The molecule has 6 rings (SSSR count). The maximum Gasteiger partial charge on any atom is 0.413 e. The summed E-state index contributed by atoms with van der Waals surface area (Å²) >= 11 is 0. The van der Waals surface area contributed by atoms with E-state index in [1.54, 1.807) is 0 Å². The first-order valence-corrected chi connectivity index (χ1v) is 24.6. The lowest BCUT2D eigenvalue weighted by Crippen LogP contribution is -2.38. The van der Waals surface area contributed by atoms with Crippen molar-refractivity contribution in [2.24, 2.45) is 32.9 Å². The fourth-order valence-electron chi connectivity index (χ4n) is 8.16. The number of ether oxygens (including phenoxy) is 3. The molecule has 18 heteroatoms. The van der Waals surface area contributed by atoms with E-state index < -0.39 is 36.2 Å². The number of alkyl carbamates (subject to hydrolysis) is 2. The minimum absolute atomic E-state index is 0. The molecule has 0 radical (unpaired) electrons. The molecule has 0 saturated carbocycles. The van der Waals surface area contributed by atoms with Gasteiger partial charge >= 0.3 is 24.1 Å². The number of amides is 2. The highest BCUT2D eigenvalue weighted by Crippen LogP contribution is 2.45. The standard InChI is InChI=1S/C27H36N4O4.C21H24N4O4.C6H14O.CH4.H2O/c1-3-4-10-18(2)35-25(32)24(28)15-9-16-30-26(29)31-27(33)34-17-23-21-13-7-5-11-19(21)20-12-6-8-14-22(20)23;22-18(19(26)27)10-5-11-24-20(23)25-21(28)29-12-17-15-8-3-1-6-13(15)14-7-2-4-9-16(14)17;1-3-4-5-6(2)7;;/h5-8,11-14,18,23-24H,3-4,9-10,15-17,28H2,1-2H3,(H3,29,30,31,33);1-4,6-9,17-18H,5,10-12,22H2,(H,26,27)(H3,23,24,25,28);6-7H,3-5H2,1-2H3;1H4;1H2/p+1. The molecule has 4 atom stereocenters. The van der Waals surface area contributed by atoms with Gasteiger partial charge in [0.2, 0.25) is 0 Å². The van der Waals surface area contributed by atoms with E-state index in [1.165, 1.54) is 6.42 Å². The number of aliphatic imine (C=N–C) groups is 2. The van der Waals surface area contributed by atoms with Gasteiger partial charge in [-0.15, -0.1) is 0 Å². The highest BCUT2D eigenvalue weighted by molar-refractivity contribution is 5.93. The number of carboxylic acid groups (broad SMARTS) is 1. The number of nitrogens with zero attached hydrogens (tertiary/aromatic N) is 2. The topological polar surface area (TPSA) is 322 Å². The average molecular weight is 1010 g/mol. The van der Waals surface area contributed by atoms with Gasteiger partial charge in [0, 0.05) is 24.9 Å². The molecule has 0 heterocycles. The van der Waals surface area contributed by atoms with E-state index in [-0.39, 0.29) is 75.0 Å². The molecule has 0 aliphatic heterocycles. The molecule has 18 nitrogen and oxygen atoms in total.